The van der Waals surface area contributed by atoms with E-state index in [0.29, 0.717) is 24.3 Å². The molecule has 0 saturated heterocycles. The van der Waals surface area contributed by atoms with Crippen molar-refractivity contribution in [3.8, 4) is 28.5 Å². The molecule has 7 nitrogen and oxygen atoms in total. The van der Waals surface area contributed by atoms with Crippen LogP contribution in [0.3, 0.4) is 0 Å². The summed E-state index contributed by atoms with van der Waals surface area (Å²) in [4.78, 5) is 9.65. The fourth-order valence-electron chi connectivity index (χ4n) is 4.54. The van der Waals surface area contributed by atoms with E-state index in [1.807, 2.05) is 48.7 Å². The quantitative estimate of drug-likeness (QED) is 0.402. The molecular formula is C25H23BrN6O. The van der Waals surface area contributed by atoms with Crippen LogP contribution in [0.4, 0.5) is 5.82 Å². The number of aromatic nitrogens is 4. The molecule has 3 heterocycles. The Balaban J connectivity index is 1.51. The zero-order chi connectivity index (χ0) is 23.0. The Hall–Kier alpha value is -3.28. The number of ether oxygens (including phenoxy) is 1. The average Bonchev–Trinajstić information content (AvgIpc) is 3.31. The molecule has 33 heavy (non-hydrogen) atoms. The zero-order valence-corrected chi connectivity index (χ0v) is 19.8. The Labute approximate surface area is 200 Å². The van der Waals surface area contributed by atoms with Gasteiger partial charge in [0.25, 0.3) is 0 Å². The van der Waals surface area contributed by atoms with Crippen molar-refractivity contribution in [3.05, 3.63) is 65.0 Å². The smallest absolute Gasteiger partial charge is 0.165 e. The third-order valence-corrected chi connectivity index (χ3v) is 7.38. The number of hydrogen-bond donors (Lipinski definition) is 1. The molecule has 1 aliphatic rings. The number of rotatable bonds is 4. The normalized spacial score (nSPS) is 20.6. The van der Waals surface area contributed by atoms with Gasteiger partial charge in [-0.25, -0.2) is 4.98 Å². The van der Waals surface area contributed by atoms with Crippen LogP contribution in [0.5, 0.6) is 0 Å². The molecule has 5 rings (SSSR count). The summed E-state index contributed by atoms with van der Waals surface area (Å²) in [6.07, 6.45) is 6.57. The molecule has 2 N–H and O–H groups in total. The van der Waals surface area contributed by atoms with Gasteiger partial charge in [-0.1, -0.05) is 36.4 Å². The van der Waals surface area contributed by atoms with Crippen LogP contribution in [0.15, 0.2) is 59.3 Å². The summed E-state index contributed by atoms with van der Waals surface area (Å²) in [6, 6.07) is 16.4. The maximum atomic E-state index is 9.53. The summed E-state index contributed by atoms with van der Waals surface area (Å²) in [6.45, 7) is 0. The minimum absolute atomic E-state index is 0.185. The SMILES string of the molecule is COC1(C#N)CCC(c2nc3c(-c4ccc(-c5ccccc5)nc4)cnn3c(N)c2Br)CC1. The first kappa shape index (κ1) is 21.6. The number of anilines is 1. The van der Waals surface area contributed by atoms with Crippen LogP contribution in [0, 0.1) is 11.3 Å². The number of nitrogens with two attached hydrogens (primary N) is 1. The second-order valence-corrected chi connectivity index (χ2v) is 9.17. The van der Waals surface area contributed by atoms with E-state index in [0.717, 1.165) is 45.4 Å². The second kappa shape index (κ2) is 8.58. The molecule has 0 radical (unpaired) electrons. The first-order valence-corrected chi connectivity index (χ1v) is 11.7. The minimum Gasteiger partial charge on any atom is -0.383 e. The molecule has 1 fully saturated rings. The van der Waals surface area contributed by atoms with E-state index >= 15 is 0 Å². The third kappa shape index (κ3) is 3.77. The molecule has 1 aromatic carbocycles. The largest absolute Gasteiger partial charge is 0.383 e. The fourth-order valence-corrected chi connectivity index (χ4v) is 5.12. The van der Waals surface area contributed by atoms with E-state index in [4.69, 9.17) is 15.5 Å². The fraction of sp³-hybridized carbons (Fsp3) is 0.280. The number of pyridine rings is 1. The van der Waals surface area contributed by atoms with Crippen molar-refractivity contribution < 1.29 is 4.74 Å². The average molecular weight is 503 g/mol. The van der Waals surface area contributed by atoms with E-state index in [-0.39, 0.29) is 5.92 Å². The molecule has 1 saturated carbocycles. The first-order valence-electron chi connectivity index (χ1n) is 10.9. The van der Waals surface area contributed by atoms with Gasteiger partial charge in [0.2, 0.25) is 0 Å². The number of nitrogen functional groups attached to an aromatic ring is 1. The van der Waals surface area contributed by atoms with Gasteiger partial charge in [0.15, 0.2) is 11.2 Å². The lowest BCUT2D eigenvalue weighted by molar-refractivity contribution is 0.00403. The number of fused-ring (bicyclic) bond motifs is 1. The summed E-state index contributed by atoms with van der Waals surface area (Å²) in [5.41, 5.74) is 11.1. The predicted molar refractivity (Wildman–Crippen MR) is 130 cm³/mol. The maximum absolute atomic E-state index is 9.53. The van der Waals surface area contributed by atoms with Gasteiger partial charge < -0.3 is 10.5 Å². The van der Waals surface area contributed by atoms with Crippen LogP contribution >= 0.6 is 15.9 Å². The Morgan fingerprint density at radius 3 is 2.52 bits per heavy atom. The summed E-state index contributed by atoms with van der Waals surface area (Å²) in [7, 11) is 1.61. The lowest BCUT2D eigenvalue weighted by Crippen LogP contribution is -2.34. The molecule has 166 valence electrons. The Morgan fingerprint density at radius 1 is 1.12 bits per heavy atom. The van der Waals surface area contributed by atoms with Crippen LogP contribution < -0.4 is 5.73 Å². The maximum Gasteiger partial charge on any atom is 0.165 e. The molecule has 0 spiro atoms. The lowest BCUT2D eigenvalue weighted by Gasteiger charge is -2.33. The van der Waals surface area contributed by atoms with Crippen molar-refractivity contribution in [1.29, 1.82) is 5.26 Å². The van der Waals surface area contributed by atoms with Crippen molar-refractivity contribution in [2.75, 3.05) is 12.8 Å². The van der Waals surface area contributed by atoms with E-state index in [1.165, 1.54) is 0 Å². The van der Waals surface area contributed by atoms with Crippen LogP contribution in [-0.2, 0) is 4.74 Å². The van der Waals surface area contributed by atoms with Crippen molar-refractivity contribution >= 4 is 27.4 Å². The molecule has 0 bridgehead atoms. The monoisotopic (exact) mass is 502 g/mol. The second-order valence-electron chi connectivity index (χ2n) is 8.37. The van der Waals surface area contributed by atoms with Gasteiger partial charge in [-0.15, -0.1) is 0 Å². The van der Waals surface area contributed by atoms with Gasteiger partial charge in [-0.3, -0.25) is 4.98 Å². The highest BCUT2D eigenvalue weighted by Gasteiger charge is 2.37. The summed E-state index contributed by atoms with van der Waals surface area (Å²) >= 11 is 3.64. The highest BCUT2D eigenvalue weighted by atomic mass is 79.9. The highest BCUT2D eigenvalue weighted by Crippen LogP contribution is 2.42. The van der Waals surface area contributed by atoms with Gasteiger partial charge in [-0.05, 0) is 47.7 Å². The van der Waals surface area contributed by atoms with Crippen molar-refractivity contribution in [2.24, 2.45) is 0 Å². The van der Waals surface area contributed by atoms with Gasteiger partial charge in [0.1, 0.15) is 5.82 Å². The van der Waals surface area contributed by atoms with Crippen LogP contribution in [0.25, 0.3) is 28.0 Å². The molecule has 4 aromatic rings. The Morgan fingerprint density at radius 2 is 1.88 bits per heavy atom. The van der Waals surface area contributed by atoms with Crippen LogP contribution in [0.1, 0.15) is 37.3 Å². The summed E-state index contributed by atoms with van der Waals surface area (Å²) in [5, 5.41) is 14.0. The highest BCUT2D eigenvalue weighted by molar-refractivity contribution is 9.10. The van der Waals surface area contributed by atoms with E-state index in [2.05, 4.69) is 32.1 Å². The van der Waals surface area contributed by atoms with Crippen molar-refractivity contribution in [2.45, 2.75) is 37.2 Å². The molecule has 3 aromatic heterocycles. The molecule has 0 aliphatic heterocycles. The summed E-state index contributed by atoms with van der Waals surface area (Å²) < 4.78 is 7.92. The molecular weight excluding hydrogens is 480 g/mol. The number of hydrogen-bond acceptors (Lipinski definition) is 6. The van der Waals surface area contributed by atoms with Crippen LogP contribution in [0.2, 0.25) is 0 Å². The number of halogens is 1. The first-order chi connectivity index (χ1) is 16.0. The molecule has 1 aliphatic carbocycles. The Kier molecular flexibility index (Phi) is 5.60. The molecule has 0 unspecified atom stereocenters. The standard InChI is InChI=1S/C25H23BrN6O/c1-33-25(15-27)11-9-17(10-12-25)22-21(26)23(28)32-24(31-22)19(14-30-32)18-7-8-20(29-13-18)16-5-3-2-4-6-16/h2-8,13-14,17H,9-12,28H2,1H3. The summed E-state index contributed by atoms with van der Waals surface area (Å²) in [5.74, 6) is 0.698. The number of methoxy groups -OCH3 is 1. The molecule has 0 amide bonds. The third-order valence-electron chi connectivity index (χ3n) is 6.57. The number of nitriles is 1. The zero-order valence-electron chi connectivity index (χ0n) is 18.2. The van der Waals surface area contributed by atoms with Crippen molar-refractivity contribution in [3.63, 3.8) is 0 Å². The van der Waals surface area contributed by atoms with Gasteiger partial charge in [0.05, 0.1) is 28.1 Å². The number of benzene rings is 1. The van der Waals surface area contributed by atoms with Crippen LogP contribution in [-0.4, -0.2) is 32.3 Å². The lowest BCUT2D eigenvalue weighted by atomic mass is 9.78. The van der Waals surface area contributed by atoms with E-state index < -0.39 is 5.60 Å². The van der Waals surface area contributed by atoms with E-state index in [1.54, 1.807) is 17.8 Å². The molecule has 8 heteroatoms. The predicted octanol–water partition coefficient (Wildman–Crippen LogP) is 5.37. The minimum atomic E-state index is -0.702. The Bertz CT molecular complexity index is 1340. The number of nitrogens with zero attached hydrogens (tertiary/aromatic N) is 5. The molecule has 0 atom stereocenters. The van der Waals surface area contributed by atoms with Gasteiger partial charge >= 0.3 is 0 Å². The van der Waals surface area contributed by atoms with Gasteiger partial charge in [-0.2, -0.15) is 14.9 Å². The van der Waals surface area contributed by atoms with Crippen molar-refractivity contribution in [1.82, 2.24) is 19.6 Å². The van der Waals surface area contributed by atoms with Gasteiger partial charge in [0, 0.05) is 35.9 Å². The topological polar surface area (TPSA) is 102 Å². The van der Waals surface area contributed by atoms with E-state index in [9.17, 15) is 5.26 Å².